The second kappa shape index (κ2) is 10.5. The molecule has 0 aliphatic carbocycles. The van der Waals surface area contributed by atoms with Gasteiger partial charge < -0.3 is 9.47 Å². The summed E-state index contributed by atoms with van der Waals surface area (Å²) in [6.07, 6.45) is 6.33. The summed E-state index contributed by atoms with van der Waals surface area (Å²) in [5.74, 6) is 1.83. The lowest BCUT2D eigenvalue weighted by Gasteiger charge is -2.10. The van der Waals surface area contributed by atoms with Crippen LogP contribution in [-0.4, -0.2) is 19.4 Å². The van der Waals surface area contributed by atoms with Gasteiger partial charge in [-0.25, -0.2) is 0 Å². The molecule has 0 aliphatic heterocycles. The van der Waals surface area contributed by atoms with Gasteiger partial charge in [0.1, 0.15) is 11.5 Å². The van der Waals surface area contributed by atoms with E-state index in [1.54, 1.807) is 0 Å². The van der Waals surface area contributed by atoms with Gasteiger partial charge in [0.2, 0.25) is 0 Å². The van der Waals surface area contributed by atoms with E-state index in [1.165, 1.54) is 0 Å². The molecule has 0 saturated heterocycles. The molecule has 0 amide bonds. The summed E-state index contributed by atoms with van der Waals surface area (Å²) in [6, 6.07) is 20.4. The minimum absolute atomic E-state index is 0.751. The van der Waals surface area contributed by atoms with Crippen LogP contribution in [0.2, 0.25) is 0 Å². The molecule has 0 bridgehead atoms. The third-order valence-corrected chi connectivity index (χ3v) is 4.63. The van der Waals surface area contributed by atoms with Gasteiger partial charge in [0, 0.05) is 17.2 Å². The lowest BCUT2D eigenvalue weighted by Crippen LogP contribution is -1.98. The van der Waals surface area contributed by atoms with Crippen LogP contribution in [-0.2, 0) is 0 Å². The number of benzene rings is 3. The molecule has 0 aromatic heterocycles. The first-order valence-electron chi connectivity index (χ1n) is 10.2. The molecule has 0 aliphatic rings. The number of fused-ring (bicyclic) bond motifs is 1. The van der Waals surface area contributed by atoms with Gasteiger partial charge in [-0.1, -0.05) is 51.0 Å². The molecule has 0 spiro atoms. The van der Waals surface area contributed by atoms with Crippen molar-refractivity contribution in [3.05, 3.63) is 66.2 Å². The summed E-state index contributed by atoms with van der Waals surface area (Å²) >= 11 is 0. The first-order valence-corrected chi connectivity index (χ1v) is 10.2. The average molecular weight is 376 g/mol. The molecular formula is C25H29NO2. The van der Waals surface area contributed by atoms with Crippen LogP contribution in [0, 0.1) is 0 Å². The van der Waals surface area contributed by atoms with Gasteiger partial charge in [0.15, 0.2) is 0 Å². The Hall–Kier alpha value is -2.81. The zero-order chi connectivity index (χ0) is 19.6. The fourth-order valence-electron chi connectivity index (χ4n) is 2.97. The lowest BCUT2D eigenvalue weighted by atomic mass is 10.0. The third kappa shape index (κ3) is 5.35. The molecule has 0 heterocycles. The largest absolute Gasteiger partial charge is 0.494 e. The molecule has 3 aromatic carbocycles. The summed E-state index contributed by atoms with van der Waals surface area (Å²) in [6.45, 7) is 5.85. The number of hydrogen-bond donors (Lipinski definition) is 0. The topological polar surface area (TPSA) is 30.8 Å². The molecule has 3 nitrogen and oxygen atoms in total. The summed E-state index contributed by atoms with van der Waals surface area (Å²) < 4.78 is 11.7. The summed E-state index contributed by atoms with van der Waals surface area (Å²) in [5, 5.41) is 2.28. The zero-order valence-corrected chi connectivity index (χ0v) is 16.9. The van der Waals surface area contributed by atoms with Crippen molar-refractivity contribution in [2.75, 3.05) is 13.2 Å². The van der Waals surface area contributed by atoms with E-state index in [4.69, 9.17) is 9.47 Å². The number of aliphatic imine (C=N–C) groups is 1. The van der Waals surface area contributed by atoms with Gasteiger partial charge >= 0.3 is 0 Å². The van der Waals surface area contributed by atoms with Crippen molar-refractivity contribution in [3.63, 3.8) is 0 Å². The molecule has 0 atom stereocenters. The average Bonchev–Trinajstić information content (AvgIpc) is 2.74. The molecule has 3 rings (SSSR count). The van der Waals surface area contributed by atoms with E-state index in [0.29, 0.717) is 0 Å². The van der Waals surface area contributed by atoms with Crippen LogP contribution in [0.1, 0.15) is 45.1 Å². The van der Waals surface area contributed by atoms with Crippen LogP contribution in [0.5, 0.6) is 11.5 Å². The van der Waals surface area contributed by atoms with Crippen molar-refractivity contribution in [1.29, 1.82) is 0 Å². The van der Waals surface area contributed by atoms with Crippen molar-refractivity contribution in [3.8, 4) is 11.5 Å². The Kier molecular flexibility index (Phi) is 7.48. The van der Waals surface area contributed by atoms with E-state index in [2.05, 4.69) is 43.1 Å². The Labute approximate surface area is 168 Å². The summed E-state index contributed by atoms with van der Waals surface area (Å²) in [4.78, 5) is 4.65. The maximum absolute atomic E-state index is 5.97. The van der Waals surface area contributed by atoms with Crippen molar-refractivity contribution in [1.82, 2.24) is 0 Å². The Bertz CT molecular complexity index is 900. The van der Waals surface area contributed by atoms with E-state index in [-0.39, 0.29) is 0 Å². The predicted molar refractivity (Wildman–Crippen MR) is 118 cm³/mol. The molecule has 0 saturated carbocycles. The molecular weight excluding hydrogens is 346 g/mol. The van der Waals surface area contributed by atoms with Crippen molar-refractivity contribution in [2.45, 2.75) is 39.5 Å². The molecule has 3 heteroatoms. The summed E-state index contributed by atoms with van der Waals surface area (Å²) in [7, 11) is 0. The zero-order valence-electron chi connectivity index (χ0n) is 16.9. The number of rotatable bonds is 10. The molecule has 28 heavy (non-hydrogen) atoms. The third-order valence-electron chi connectivity index (χ3n) is 4.63. The standard InChI is InChI=1S/C25H29NO2/c1-3-5-17-27-22-14-12-21(13-15-22)26-19-20-11-16-25(28-18-6-4-2)24-10-8-7-9-23(20)24/h7-16,19H,3-6,17-18H2,1-2H3. The van der Waals surface area contributed by atoms with Crippen LogP contribution >= 0.6 is 0 Å². The first kappa shape index (κ1) is 19.9. The molecule has 0 unspecified atom stereocenters. The number of hydrogen-bond acceptors (Lipinski definition) is 3. The van der Waals surface area contributed by atoms with Gasteiger partial charge in [-0.15, -0.1) is 0 Å². The van der Waals surface area contributed by atoms with Crippen LogP contribution in [0.25, 0.3) is 10.8 Å². The van der Waals surface area contributed by atoms with Crippen LogP contribution in [0.15, 0.2) is 65.7 Å². The number of ether oxygens (including phenoxy) is 2. The van der Waals surface area contributed by atoms with E-state index in [1.807, 2.05) is 42.6 Å². The van der Waals surface area contributed by atoms with E-state index >= 15 is 0 Å². The highest BCUT2D eigenvalue weighted by Crippen LogP contribution is 2.28. The van der Waals surface area contributed by atoms with Crippen molar-refractivity contribution >= 4 is 22.7 Å². The van der Waals surface area contributed by atoms with Gasteiger partial charge in [-0.3, -0.25) is 4.99 Å². The lowest BCUT2D eigenvalue weighted by molar-refractivity contribution is 0.309. The van der Waals surface area contributed by atoms with Crippen LogP contribution in [0.4, 0.5) is 5.69 Å². The Morgan fingerprint density at radius 1 is 0.750 bits per heavy atom. The van der Waals surface area contributed by atoms with Gasteiger partial charge in [0.25, 0.3) is 0 Å². The highest BCUT2D eigenvalue weighted by atomic mass is 16.5. The second-order valence-electron chi connectivity index (χ2n) is 6.85. The minimum Gasteiger partial charge on any atom is -0.494 e. The van der Waals surface area contributed by atoms with E-state index in [0.717, 1.165) is 72.4 Å². The predicted octanol–water partition coefficient (Wildman–Crippen LogP) is 6.95. The van der Waals surface area contributed by atoms with Gasteiger partial charge in [0.05, 0.1) is 18.9 Å². The number of nitrogens with zero attached hydrogens (tertiary/aromatic N) is 1. The first-order chi connectivity index (χ1) is 13.8. The molecule has 0 N–H and O–H groups in total. The molecule has 0 radical (unpaired) electrons. The Balaban J connectivity index is 1.75. The molecule has 0 fully saturated rings. The summed E-state index contributed by atoms with van der Waals surface area (Å²) in [5.41, 5.74) is 2.00. The normalized spacial score (nSPS) is 11.2. The Morgan fingerprint density at radius 3 is 2.14 bits per heavy atom. The fraction of sp³-hybridized carbons (Fsp3) is 0.320. The molecule has 3 aromatic rings. The van der Waals surface area contributed by atoms with E-state index in [9.17, 15) is 0 Å². The quantitative estimate of drug-likeness (QED) is 0.283. The van der Waals surface area contributed by atoms with E-state index < -0.39 is 0 Å². The highest BCUT2D eigenvalue weighted by Gasteiger charge is 2.05. The maximum atomic E-state index is 5.97. The monoisotopic (exact) mass is 375 g/mol. The maximum Gasteiger partial charge on any atom is 0.127 e. The molecule has 146 valence electrons. The van der Waals surface area contributed by atoms with Gasteiger partial charge in [-0.2, -0.15) is 0 Å². The van der Waals surface area contributed by atoms with Gasteiger partial charge in [-0.05, 0) is 54.6 Å². The van der Waals surface area contributed by atoms with Crippen LogP contribution in [0.3, 0.4) is 0 Å². The Morgan fingerprint density at radius 2 is 1.43 bits per heavy atom. The highest BCUT2D eigenvalue weighted by molar-refractivity contribution is 6.02. The minimum atomic E-state index is 0.751. The smallest absolute Gasteiger partial charge is 0.127 e. The fourth-order valence-corrected chi connectivity index (χ4v) is 2.97. The second-order valence-corrected chi connectivity index (χ2v) is 6.85. The van der Waals surface area contributed by atoms with Crippen LogP contribution < -0.4 is 9.47 Å². The SMILES string of the molecule is CCCCOc1ccc(N=Cc2ccc(OCCCC)c3ccccc23)cc1. The number of unbranched alkanes of at least 4 members (excludes halogenated alkanes) is 2. The van der Waals surface area contributed by atoms with Crippen molar-refractivity contribution < 1.29 is 9.47 Å². The van der Waals surface area contributed by atoms with Crippen molar-refractivity contribution in [2.24, 2.45) is 4.99 Å².